The Balaban J connectivity index is 2.44. The number of rotatable bonds is 6. The zero-order valence-corrected chi connectivity index (χ0v) is 19.8. The number of fused-ring (bicyclic) bond motifs is 1. The van der Waals surface area contributed by atoms with Gasteiger partial charge >= 0.3 is 12.1 Å². The van der Waals surface area contributed by atoms with Gasteiger partial charge in [-0.15, -0.1) is 11.8 Å². The highest BCUT2D eigenvalue weighted by molar-refractivity contribution is 8.02. The van der Waals surface area contributed by atoms with Gasteiger partial charge in [0.2, 0.25) is 5.78 Å². The predicted octanol–water partition coefficient (Wildman–Crippen LogP) is 1.46. The summed E-state index contributed by atoms with van der Waals surface area (Å²) in [6.45, 7) is 0.228. The van der Waals surface area contributed by atoms with Gasteiger partial charge in [-0.3, -0.25) is 19.3 Å². The summed E-state index contributed by atoms with van der Waals surface area (Å²) >= 11 is 18.5. The van der Waals surface area contributed by atoms with Crippen molar-refractivity contribution in [3.8, 4) is 0 Å². The molecular formula is C19H16Cl3N3O7S. The molecule has 0 radical (unpaired) electrons. The molecule has 1 saturated heterocycles. The topological polar surface area (TPSA) is 170 Å². The Labute approximate surface area is 206 Å². The Bertz CT molecular complexity index is 1110. The number of hydrogen-bond acceptors (Lipinski definition) is 8. The number of ketones is 2. The summed E-state index contributed by atoms with van der Waals surface area (Å²) in [5.74, 6) is -4.56. The molecule has 0 saturated carbocycles. The number of carbonyl (C=O) groups excluding carboxylic acids is 4. The molecule has 176 valence electrons. The maximum absolute atomic E-state index is 13.7. The standard InChI is InChI=1S/C19H16Cl3N3O7S/c1-8(26)17(24)14(30)25-11(12(27)28)10(7-32-16(23)31)18(33-15(17)25,13(29)19(20,21)22)9-5-3-2-4-6-9/h2-6,15H,7,24H2,1H3,(H2,23,31)(H,27,28)/t15-,17?,18?/m0/s1. The van der Waals surface area contributed by atoms with E-state index in [1.54, 1.807) is 6.07 Å². The van der Waals surface area contributed by atoms with E-state index in [9.17, 15) is 29.1 Å². The molecule has 2 aliphatic rings. The molecule has 0 aliphatic carbocycles. The summed E-state index contributed by atoms with van der Waals surface area (Å²) in [4.78, 5) is 63.3. The van der Waals surface area contributed by atoms with Crippen LogP contribution in [0.15, 0.2) is 41.6 Å². The molecule has 3 atom stereocenters. The fraction of sp³-hybridized carbons (Fsp3) is 0.316. The number of thioether (sulfide) groups is 1. The number of primary amides is 1. The summed E-state index contributed by atoms with van der Waals surface area (Å²) in [7, 11) is 0. The van der Waals surface area contributed by atoms with Crippen LogP contribution in [-0.2, 0) is 28.7 Å². The normalized spacial score (nSPS) is 26.9. The fourth-order valence-electron chi connectivity index (χ4n) is 3.77. The third-order valence-electron chi connectivity index (χ3n) is 5.34. The molecule has 1 fully saturated rings. The zero-order valence-electron chi connectivity index (χ0n) is 16.7. The molecular weight excluding hydrogens is 521 g/mol. The number of carboxylic acid groups (broad SMARTS) is 1. The van der Waals surface area contributed by atoms with Gasteiger partial charge in [0, 0.05) is 5.57 Å². The molecule has 33 heavy (non-hydrogen) atoms. The van der Waals surface area contributed by atoms with Crippen LogP contribution in [0.25, 0.3) is 0 Å². The summed E-state index contributed by atoms with van der Waals surface area (Å²) in [5.41, 5.74) is 8.01. The van der Waals surface area contributed by atoms with E-state index in [0.29, 0.717) is 11.8 Å². The van der Waals surface area contributed by atoms with E-state index in [0.717, 1.165) is 11.8 Å². The third kappa shape index (κ3) is 3.77. The highest BCUT2D eigenvalue weighted by Crippen LogP contribution is 2.60. The summed E-state index contributed by atoms with van der Waals surface area (Å²) in [6, 6.07) is 7.60. The van der Waals surface area contributed by atoms with Gasteiger partial charge in [0.05, 0.1) is 0 Å². The monoisotopic (exact) mass is 535 g/mol. The average molecular weight is 537 g/mol. The number of ether oxygens (including phenoxy) is 1. The van der Waals surface area contributed by atoms with Crippen molar-refractivity contribution in [1.82, 2.24) is 4.90 Å². The molecule has 0 spiro atoms. The van der Waals surface area contributed by atoms with Crippen molar-refractivity contribution >= 4 is 76.1 Å². The molecule has 1 aromatic rings. The van der Waals surface area contributed by atoms with Gasteiger partial charge in [0.15, 0.2) is 11.3 Å². The molecule has 10 nitrogen and oxygen atoms in total. The number of benzene rings is 1. The molecule has 2 aliphatic heterocycles. The van der Waals surface area contributed by atoms with E-state index >= 15 is 0 Å². The van der Waals surface area contributed by atoms with E-state index in [1.807, 2.05) is 0 Å². The van der Waals surface area contributed by atoms with Crippen molar-refractivity contribution in [2.24, 2.45) is 11.5 Å². The number of aliphatic carboxylic acids is 1. The van der Waals surface area contributed by atoms with Gasteiger partial charge in [-0.1, -0.05) is 65.1 Å². The number of hydrogen-bond donors (Lipinski definition) is 3. The van der Waals surface area contributed by atoms with Crippen LogP contribution in [-0.4, -0.2) is 60.9 Å². The Kier molecular flexibility index (Phi) is 6.50. The minimum atomic E-state index is -2.59. The lowest BCUT2D eigenvalue weighted by Crippen LogP contribution is -2.82. The first-order chi connectivity index (χ1) is 15.2. The maximum atomic E-state index is 13.7. The molecule has 2 heterocycles. The number of carbonyl (C=O) groups is 5. The molecule has 2 unspecified atom stereocenters. The summed E-state index contributed by atoms with van der Waals surface area (Å²) in [6.07, 6.45) is -1.28. The number of alkyl halides is 3. The minimum absolute atomic E-state index is 0.137. The Morgan fingerprint density at radius 2 is 1.79 bits per heavy atom. The lowest BCUT2D eigenvalue weighted by Gasteiger charge is -2.58. The number of carboxylic acids is 1. The Morgan fingerprint density at radius 3 is 2.24 bits per heavy atom. The Hall–Kier alpha value is -2.31. The second-order valence-electron chi connectivity index (χ2n) is 7.18. The van der Waals surface area contributed by atoms with E-state index in [2.05, 4.69) is 0 Å². The molecule has 3 rings (SSSR count). The molecule has 1 aromatic carbocycles. The van der Waals surface area contributed by atoms with Crippen LogP contribution in [0, 0.1) is 0 Å². The number of Topliss-reactive ketones (excluding diaryl/α,β-unsaturated/α-hetero) is 2. The lowest BCUT2D eigenvalue weighted by molar-refractivity contribution is -0.159. The predicted molar refractivity (Wildman–Crippen MR) is 119 cm³/mol. The van der Waals surface area contributed by atoms with Crippen LogP contribution in [0.1, 0.15) is 12.5 Å². The maximum Gasteiger partial charge on any atom is 0.404 e. The van der Waals surface area contributed by atoms with Crippen LogP contribution >= 0.6 is 46.6 Å². The van der Waals surface area contributed by atoms with Crippen molar-refractivity contribution in [3.63, 3.8) is 0 Å². The zero-order chi connectivity index (χ0) is 24.9. The number of β-lactam (4-membered cyclic amide) rings is 1. The smallest absolute Gasteiger partial charge is 0.404 e. The van der Waals surface area contributed by atoms with E-state index in [4.69, 9.17) is 51.0 Å². The first-order valence-electron chi connectivity index (χ1n) is 9.08. The number of halogens is 3. The summed E-state index contributed by atoms with van der Waals surface area (Å²) in [5, 5.41) is 8.67. The average Bonchev–Trinajstić information content (AvgIpc) is 2.74. The van der Waals surface area contributed by atoms with Crippen LogP contribution in [0.5, 0.6) is 0 Å². The SMILES string of the molecule is CC(=O)C1(N)C(=O)N2C(C(=O)O)=C(COC(N)=O)C(C(=O)C(Cl)(Cl)Cl)(c3ccccc3)S[C@H]21. The molecule has 2 amide bonds. The molecule has 0 aromatic heterocycles. The van der Waals surface area contributed by atoms with E-state index in [1.165, 1.54) is 24.3 Å². The van der Waals surface area contributed by atoms with E-state index in [-0.39, 0.29) is 5.56 Å². The van der Waals surface area contributed by atoms with Gasteiger partial charge in [0.25, 0.3) is 9.70 Å². The van der Waals surface area contributed by atoms with Crippen molar-refractivity contribution < 1.29 is 33.8 Å². The first-order valence-corrected chi connectivity index (χ1v) is 11.1. The first kappa shape index (κ1) is 25.3. The van der Waals surface area contributed by atoms with Crippen LogP contribution in [0.4, 0.5) is 4.79 Å². The van der Waals surface area contributed by atoms with Gasteiger partial charge in [0.1, 0.15) is 22.4 Å². The van der Waals surface area contributed by atoms with Crippen LogP contribution < -0.4 is 11.5 Å². The van der Waals surface area contributed by atoms with Gasteiger partial charge in [-0.05, 0) is 12.5 Å². The van der Waals surface area contributed by atoms with Crippen molar-refractivity contribution in [2.45, 2.75) is 26.4 Å². The van der Waals surface area contributed by atoms with Gasteiger partial charge in [-0.25, -0.2) is 9.59 Å². The minimum Gasteiger partial charge on any atom is -0.477 e. The van der Waals surface area contributed by atoms with Crippen LogP contribution in [0.3, 0.4) is 0 Å². The molecule has 5 N–H and O–H groups in total. The highest BCUT2D eigenvalue weighted by atomic mass is 35.6. The van der Waals surface area contributed by atoms with Crippen molar-refractivity contribution in [3.05, 3.63) is 47.2 Å². The second kappa shape index (κ2) is 8.48. The largest absolute Gasteiger partial charge is 0.477 e. The lowest BCUT2D eigenvalue weighted by atomic mass is 9.80. The van der Waals surface area contributed by atoms with Gasteiger partial charge < -0.3 is 21.3 Å². The third-order valence-corrected chi connectivity index (χ3v) is 7.68. The fourth-order valence-corrected chi connectivity index (χ4v) is 6.29. The molecule has 0 bridgehead atoms. The highest BCUT2D eigenvalue weighted by Gasteiger charge is 2.71. The Morgan fingerprint density at radius 1 is 1.21 bits per heavy atom. The number of nitrogens with two attached hydrogens (primary N) is 2. The number of amides is 2. The van der Waals surface area contributed by atoms with Crippen molar-refractivity contribution in [1.29, 1.82) is 0 Å². The van der Waals surface area contributed by atoms with E-state index < -0.39 is 66.9 Å². The van der Waals surface area contributed by atoms with Crippen molar-refractivity contribution in [2.75, 3.05) is 6.61 Å². The van der Waals surface area contributed by atoms with Crippen LogP contribution in [0.2, 0.25) is 0 Å². The second-order valence-corrected chi connectivity index (χ2v) is 10.8. The number of nitrogens with zero attached hydrogens (tertiary/aromatic N) is 1. The van der Waals surface area contributed by atoms with Gasteiger partial charge in [-0.2, -0.15) is 0 Å². The quantitative estimate of drug-likeness (QED) is 0.276. The molecule has 14 heteroatoms. The summed E-state index contributed by atoms with van der Waals surface area (Å²) < 4.78 is 0.114.